The standard InChI is InChI=1S/C16H20N2O/c1-12(2)14-8-4-5-9-15(14)19-16-10-6-7-13(18-16)11-17-3/h4-10,12,17H,11H2,1-3H3. The molecule has 0 saturated carbocycles. The van der Waals surface area contributed by atoms with Gasteiger partial charge in [0.25, 0.3) is 0 Å². The lowest BCUT2D eigenvalue weighted by atomic mass is 10.0. The smallest absolute Gasteiger partial charge is 0.219 e. The number of pyridine rings is 1. The number of hydrogen-bond donors (Lipinski definition) is 1. The zero-order valence-electron chi connectivity index (χ0n) is 11.7. The predicted octanol–water partition coefficient (Wildman–Crippen LogP) is 3.72. The summed E-state index contributed by atoms with van der Waals surface area (Å²) in [4.78, 5) is 4.47. The second-order valence-electron chi connectivity index (χ2n) is 4.79. The van der Waals surface area contributed by atoms with E-state index in [1.807, 2.05) is 43.4 Å². The monoisotopic (exact) mass is 256 g/mol. The molecule has 1 heterocycles. The van der Waals surface area contributed by atoms with Gasteiger partial charge >= 0.3 is 0 Å². The molecule has 1 aromatic heterocycles. The Balaban J connectivity index is 2.23. The van der Waals surface area contributed by atoms with Crippen molar-refractivity contribution < 1.29 is 4.74 Å². The highest BCUT2D eigenvalue weighted by molar-refractivity contribution is 5.38. The first-order valence-electron chi connectivity index (χ1n) is 6.58. The van der Waals surface area contributed by atoms with Gasteiger partial charge < -0.3 is 10.1 Å². The van der Waals surface area contributed by atoms with Crippen molar-refractivity contribution in [3.63, 3.8) is 0 Å². The van der Waals surface area contributed by atoms with Crippen LogP contribution in [0.3, 0.4) is 0 Å². The van der Waals surface area contributed by atoms with Gasteiger partial charge in [-0.25, -0.2) is 4.98 Å². The minimum atomic E-state index is 0.427. The van der Waals surface area contributed by atoms with Gasteiger partial charge in [-0.15, -0.1) is 0 Å². The van der Waals surface area contributed by atoms with Crippen LogP contribution in [0.15, 0.2) is 42.5 Å². The number of nitrogens with zero attached hydrogens (tertiary/aromatic N) is 1. The molecule has 1 N–H and O–H groups in total. The molecule has 0 amide bonds. The summed E-state index contributed by atoms with van der Waals surface area (Å²) in [6.45, 7) is 5.06. The molecule has 2 rings (SSSR count). The van der Waals surface area contributed by atoms with E-state index in [2.05, 4.69) is 30.2 Å². The molecule has 1 aromatic carbocycles. The summed E-state index contributed by atoms with van der Waals surface area (Å²) in [5, 5.41) is 3.09. The molecule has 0 aliphatic rings. The molecule has 0 aliphatic carbocycles. The third-order valence-corrected chi connectivity index (χ3v) is 2.89. The van der Waals surface area contributed by atoms with Crippen LogP contribution in [0.25, 0.3) is 0 Å². The van der Waals surface area contributed by atoms with Crippen LogP contribution in [-0.4, -0.2) is 12.0 Å². The van der Waals surface area contributed by atoms with Crippen molar-refractivity contribution in [2.24, 2.45) is 0 Å². The highest BCUT2D eigenvalue weighted by Crippen LogP contribution is 2.29. The summed E-state index contributed by atoms with van der Waals surface area (Å²) in [5.74, 6) is 1.95. The van der Waals surface area contributed by atoms with Gasteiger partial charge in [-0.05, 0) is 30.7 Å². The van der Waals surface area contributed by atoms with Gasteiger partial charge in [0, 0.05) is 12.6 Å². The Labute approximate surface area is 114 Å². The number of ether oxygens (including phenoxy) is 1. The lowest BCUT2D eigenvalue weighted by Crippen LogP contribution is -2.07. The van der Waals surface area contributed by atoms with Gasteiger partial charge in [0.15, 0.2) is 0 Å². The highest BCUT2D eigenvalue weighted by atomic mass is 16.5. The van der Waals surface area contributed by atoms with Crippen LogP contribution in [0.5, 0.6) is 11.6 Å². The number of para-hydroxylation sites is 1. The van der Waals surface area contributed by atoms with E-state index in [1.165, 1.54) is 5.56 Å². The minimum Gasteiger partial charge on any atom is -0.439 e. The normalized spacial score (nSPS) is 10.7. The molecule has 3 heteroatoms. The first kappa shape index (κ1) is 13.6. The molecule has 0 fully saturated rings. The Morgan fingerprint density at radius 2 is 1.89 bits per heavy atom. The Hall–Kier alpha value is -1.87. The second kappa shape index (κ2) is 6.34. The second-order valence-corrected chi connectivity index (χ2v) is 4.79. The SMILES string of the molecule is CNCc1cccc(Oc2ccccc2C(C)C)n1. The molecule has 2 aromatic rings. The largest absolute Gasteiger partial charge is 0.439 e. The van der Waals surface area contributed by atoms with Crippen molar-refractivity contribution in [1.82, 2.24) is 10.3 Å². The number of aromatic nitrogens is 1. The van der Waals surface area contributed by atoms with Crippen LogP contribution < -0.4 is 10.1 Å². The first-order valence-corrected chi connectivity index (χ1v) is 6.58. The van der Waals surface area contributed by atoms with Crippen LogP contribution >= 0.6 is 0 Å². The summed E-state index contributed by atoms with van der Waals surface area (Å²) in [5.41, 5.74) is 2.17. The van der Waals surface area contributed by atoms with Crippen LogP contribution in [-0.2, 0) is 6.54 Å². The average molecular weight is 256 g/mol. The maximum absolute atomic E-state index is 5.92. The van der Waals surface area contributed by atoms with E-state index in [4.69, 9.17) is 4.74 Å². The van der Waals surface area contributed by atoms with Crippen LogP contribution in [0.4, 0.5) is 0 Å². The third kappa shape index (κ3) is 3.55. The summed E-state index contributed by atoms with van der Waals surface area (Å²) in [6, 6.07) is 13.9. The molecule has 100 valence electrons. The minimum absolute atomic E-state index is 0.427. The van der Waals surface area contributed by atoms with Gasteiger partial charge in [-0.2, -0.15) is 0 Å². The summed E-state index contributed by atoms with van der Waals surface area (Å²) >= 11 is 0. The van der Waals surface area contributed by atoms with E-state index in [0.29, 0.717) is 11.8 Å². The Morgan fingerprint density at radius 1 is 1.11 bits per heavy atom. The number of rotatable bonds is 5. The van der Waals surface area contributed by atoms with Crippen molar-refractivity contribution in [2.75, 3.05) is 7.05 Å². The van der Waals surface area contributed by atoms with Crippen molar-refractivity contribution in [1.29, 1.82) is 0 Å². The predicted molar refractivity (Wildman–Crippen MR) is 77.6 cm³/mol. The molecule has 0 unspecified atom stereocenters. The third-order valence-electron chi connectivity index (χ3n) is 2.89. The highest BCUT2D eigenvalue weighted by Gasteiger charge is 2.08. The average Bonchev–Trinajstić information content (AvgIpc) is 2.40. The van der Waals surface area contributed by atoms with Gasteiger partial charge in [0.1, 0.15) is 5.75 Å². The molecular formula is C16H20N2O. The molecule has 0 radical (unpaired) electrons. The van der Waals surface area contributed by atoms with E-state index in [1.54, 1.807) is 0 Å². The lowest BCUT2D eigenvalue weighted by Gasteiger charge is -2.13. The molecule has 19 heavy (non-hydrogen) atoms. The quantitative estimate of drug-likeness (QED) is 0.885. The molecule has 0 atom stereocenters. The fourth-order valence-corrected chi connectivity index (χ4v) is 1.96. The van der Waals surface area contributed by atoms with Crippen molar-refractivity contribution in [3.05, 3.63) is 53.7 Å². The Bertz CT molecular complexity index is 538. The van der Waals surface area contributed by atoms with E-state index in [-0.39, 0.29) is 0 Å². The van der Waals surface area contributed by atoms with Crippen molar-refractivity contribution >= 4 is 0 Å². The van der Waals surface area contributed by atoms with Crippen molar-refractivity contribution in [3.8, 4) is 11.6 Å². The number of nitrogens with one attached hydrogen (secondary N) is 1. The summed E-state index contributed by atoms with van der Waals surface area (Å²) in [7, 11) is 1.91. The van der Waals surface area contributed by atoms with Gasteiger partial charge in [0.2, 0.25) is 5.88 Å². The van der Waals surface area contributed by atoms with E-state index >= 15 is 0 Å². The molecule has 0 aliphatic heterocycles. The van der Waals surface area contributed by atoms with Gasteiger partial charge in [-0.1, -0.05) is 38.1 Å². The molecular weight excluding hydrogens is 236 g/mol. The Kier molecular flexibility index (Phi) is 4.53. The Morgan fingerprint density at radius 3 is 2.63 bits per heavy atom. The zero-order chi connectivity index (χ0) is 13.7. The molecule has 0 spiro atoms. The van der Waals surface area contributed by atoms with E-state index in [0.717, 1.165) is 18.0 Å². The molecule has 3 nitrogen and oxygen atoms in total. The van der Waals surface area contributed by atoms with Gasteiger partial charge in [-0.3, -0.25) is 0 Å². The number of benzene rings is 1. The van der Waals surface area contributed by atoms with Crippen LogP contribution in [0, 0.1) is 0 Å². The maximum atomic E-state index is 5.92. The van der Waals surface area contributed by atoms with Crippen molar-refractivity contribution in [2.45, 2.75) is 26.3 Å². The van der Waals surface area contributed by atoms with Gasteiger partial charge in [0.05, 0.1) is 5.69 Å². The summed E-state index contributed by atoms with van der Waals surface area (Å²) in [6.07, 6.45) is 0. The summed E-state index contributed by atoms with van der Waals surface area (Å²) < 4.78 is 5.92. The fourth-order valence-electron chi connectivity index (χ4n) is 1.96. The maximum Gasteiger partial charge on any atom is 0.219 e. The van der Waals surface area contributed by atoms with E-state index in [9.17, 15) is 0 Å². The van der Waals surface area contributed by atoms with E-state index < -0.39 is 0 Å². The lowest BCUT2D eigenvalue weighted by molar-refractivity contribution is 0.452. The molecule has 0 saturated heterocycles. The first-order chi connectivity index (χ1) is 9.20. The fraction of sp³-hybridized carbons (Fsp3) is 0.312. The number of hydrogen-bond acceptors (Lipinski definition) is 3. The van der Waals surface area contributed by atoms with Crippen LogP contribution in [0.2, 0.25) is 0 Å². The topological polar surface area (TPSA) is 34.1 Å². The zero-order valence-corrected chi connectivity index (χ0v) is 11.7. The molecule has 0 bridgehead atoms. The van der Waals surface area contributed by atoms with Crippen LogP contribution in [0.1, 0.15) is 31.0 Å².